The Morgan fingerprint density at radius 3 is 1.61 bits per heavy atom. The van der Waals surface area contributed by atoms with E-state index in [9.17, 15) is 4.79 Å². The van der Waals surface area contributed by atoms with Gasteiger partial charge in [0.25, 0.3) is 5.91 Å². The Morgan fingerprint density at radius 1 is 0.786 bits per heavy atom. The summed E-state index contributed by atoms with van der Waals surface area (Å²) in [7, 11) is 5.06. The summed E-state index contributed by atoms with van der Waals surface area (Å²) in [6.07, 6.45) is 0. The Kier molecular flexibility index (Phi) is 6.22. The van der Waals surface area contributed by atoms with Crippen LogP contribution in [-0.4, -0.2) is 32.1 Å². The highest BCUT2D eigenvalue weighted by Gasteiger charge is 2.24. The van der Waals surface area contributed by atoms with Crippen LogP contribution in [0.25, 0.3) is 0 Å². The van der Waals surface area contributed by atoms with E-state index >= 15 is 0 Å². The molecule has 0 fully saturated rings. The van der Waals surface area contributed by atoms with Gasteiger partial charge in [0.2, 0.25) is 0 Å². The molecule has 0 aliphatic rings. The molecule has 0 bridgehead atoms. The lowest BCUT2D eigenvalue weighted by atomic mass is 9.96. The molecule has 0 unspecified atom stereocenters. The third-order valence-corrected chi connectivity index (χ3v) is 4.91. The number of halogens is 1. The van der Waals surface area contributed by atoms with Gasteiger partial charge in [0, 0.05) is 17.6 Å². The second kappa shape index (κ2) is 8.81. The lowest BCUT2D eigenvalue weighted by Crippen LogP contribution is -2.32. The molecule has 144 valence electrons. The average Bonchev–Trinajstić information content (AvgIpc) is 2.75. The van der Waals surface area contributed by atoms with Gasteiger partial charge in [0.1, 0.15) is 11.5 Å². The van der Waals surface area contributed by atoms with Crippen molar-refractivity contribution in [3.63, 3.8) is 0 Å². The highest BCUT2D eigenvalue weighted by atomic mass is 35.5. The summed E-state index contributed by atoms with van der Waals surface area (Å²) in [5, 5.41) is 0.598. The lowest BCUT2D eigenvalue weighted by molar-refractivity contribution is 0.0755. The first-order chi connectivity index (χ1) is 13.5. The van der Waals surface area contributed by atoms with Crippen LogP contribution in [0.4, 0.5) is 0 Å². The molecule has 0 aliphatic carbocycles. The zero-order valence-corrected chi connectivity index (χ0v) is 16.8. The molecule has 0 atom stereocenters. The van der Waals surface area contributed by atoms with Crippen molar-refractivity contribution in [1.82, 2.24) is 4.90 Å². The first kappa shape index (κ1) is 19.8. The van der Waals surface area contributed by atoms with Gasteiger partial charge in [-0.25, -0.2) is 0 Å². The summed E-state index contributed by atoms with van der Waals surface area (Å²) in [5.41, 5.74) is 2.55. The molecule has 0 N–H and O–H groups in total. The van der Waals surface area contributed by atoms with Crippen molar-refractivity contribution < 1.29 is 14.3 Å². The Balaban J connectivity index is 2.00. The predicted molar refractivity (Wildman–Crippen MR) is 111 cm³/mol. The largest absolute Gasteiger partial charge is 0.497 e. The van der Waals surface area contributed by atoms with Gasteiger partial charge in [-0.2, -0.15) is 0 Å². The third-order valence-electron chi connectivity index (χ3n) is 4.66. The number of carbonyl (C=O) groups is 1. The molecule has 3 rings (SSSR count). The molecule has 0 aliphatic heterocycles. The number of rotatable bonds is 6. The van der Waals surface area contributed by atoms with E-state index in [4.69, 9.17) is 21.1 Å². The smallest absolute Gasteiger partial charge is 0.254 e. The van der Waals surface area contributed by atoms with Crippen LogP contribution in [0.15, 0.2) is 72.8 Å². The number of ether oxygens (including phenoxy) is 2. The van der Waals surface area contributed by atoms with Crippen LogP contribution in [-0.2, 0) is 0 Å². The third kappa shape index (κ3) is 4.29. The maximum absolute atomic E-state index is 13.1. The number of nitrogens with zero attached hydrogens (tertiary/aromatic N) is 1. The van der Waals surface area contributed by atoms with Crippen molar-refractivity contribution in [3.05, 3.63) is 94.5 Å². The zero-order valence-electron chi connectivity index (χ0n) is 16.1. The fraction of sp³-hybridized carbons (Fsp3) is 0.174. The molecule has 1 amide bonds. The molecular formula is C23H22ClNO3. The molecule has 4 nitrogen and oxygen atoms in total. The van der Waals surface area contributed by atoms with E-state index < -0.39 is 0 Å². The second-order valence-electron chi connectivity index (χ2n) is 6.37. The predicted octanol–water partition coefficient (Wildman–Crippen LogP) is 5.22. The molecule has 0 saturated carbocycles. The zero-order chi connectivity index (χ0) is 20.1. The lowest BCUT2D eigenvalue weighted by Gasteiger charge is -2.29. The van der Waals surface area contributed by atoms with Gasteiger partial charge >= 0.3 is 0 Å². The Bertz CT molecular complexity index is 874. The van der Waals surface area contributed by atoms with E-state index in [1.165, 1.54) is 0 Å². The first-order valence-electron chi connectivity index (χ1n) is 8.84. The van der Waals surface area contributed by atoms with Crippen LogP contribution >= 0.6 is 11.6 Å². The molecule has 3 aromatic carbocycles. The van der Waals surface area contributed by atoms with Gasteiger partial charge in [-0.05, 0) is 59.7 Å². The number of amides is 1. The van der Waals surface area contributed by atoms with Gasteiger partial charge < -0.3 is 14.4 Å². The van der Waals surface area contributed by atoms with E-state index in [1.807, 2.05) is 48.5 Å². The molecule has 3 aromatic rings. The molecule has 0 radical (unpaired) electrons. The molecule has 0 saturated heterocycles. The van der Waals surface area contributed by atoms with Crippen molar-refractivity contribution in [1.29, 1.82) is 0 Å². The minimum Gasteiger partial charge on any atom is -0.497 e. The monoisotopic (exact) mass is 395 g/mol. The molecule has 5 heteroatoms. The number of hydrogen-bond donors (Lipinski definition) is 0. The number of benzene rings is 3. The SMILES string of the molecule is COc1ccc(C(c2ccc(OC)cc2)N(C)C(=O)c2ccc(Cl)cc2)cc1. The van der Waals surface area contributed by atoms with Crippen LogP contribution in [0.2, 0.25) is 5.02 Å². The van der Waals surface area contributed by atoms with Crippen molar-refractivity contribution >= 4 is 17.5 Å². The summed E-state index contributed by atoms with van der Waals surface area (Å²) in [6, 6.07) is 22.1. The highest BCUT2D eigenvalue weighted by Crippen LogP contribution is 2.31. The van der Waals surface area contributed by atoms with Gasteiger partial charge in [-0.1, -0.05) is 35.9 Å². The van der Waals surface area contributed by atoms with Crippen molar-refractivity contribution in [3.8, 4) is 11.5 Å². The number of carbonyl (C=O) groups excluding carboxylic acids is 1. The van der Waals surface area contributed by atoms with Crippen molar-refractivity contribution in [2.75, 3.05) is 21.3 Å². The summed E-state index contributed by atoms with van der Waals surface area (Å²) < 4.78 is 10.5. The molecule has 0 spiro atoms. The van der Waals surface area contributed by atoms with E-state index in [-0.39, 0.29) is 11.9 Å². The molecular weight excluding hydrogens is 374 g/mol. The van der Waals surface area contributed by atoms with Gasteiger partial charge in [0.05, 0.1) is 20.3 Å². The van der Waals surface area contributed by atoms with Crippen LogP contribution in [0.5, 0.6) is 11.5 Å². The molecule has 28 heavy (non-hydrogen) atoms. The van der Waals surface area contributed by atoms with E-state index in [0.29, 0.717) is 10.6 Å². The van der Waals surface area contributed by atoms with Crippen LogP contribution < -0.4 is 9.47 Å². The topological polar surface area (TPSA) is 38.8 Å². The second-order valence-corrected chi connectivity index (χ2v) is 6.81. The number of hydrogen-bond acceptors (Lipinski definition) is 3. The average molecular weight is 396 g/mol. The van der Waals surface area contributed by atoms with Crippen LogP contribution in [0, 0.1) is 0 Å². The fourth-order valence-corrected chi connectivity index (χ4v) is 3.25. The number of methoxy groups -OCH3 is 2. The van der Waals surface area contributed by atoms with Crippen LogP contribution in [0.3, 0.4) is 0 Å². The molecule has 0 aromatic heterocycles. The minimum absolute atomic E-state index is 0.0895. The summed E-state index contributed by atoms with van der Waals surface area (Å²) in [6.45, 7) is 0. The van der Waals surface area contributed by atoms with E-state index in [2.05, 4.69) is 0 Å². The normalized spacial score (nSPS) is 10.6. The maximum Gasteiger partial charge on any atom is 0.254 e. The van der Waals surface area contributed by atoms with Gasteiger partial charge in [-0.15, -0.1) is 0 Å². The van der Waals surface area contributed by atoms with Crippen molar-refractivity contribution in [2.45, 2.75) is 6.04 Å². The van der Waals surface area contributed by atoms with E-state index in [1.54, 1.807) is 50.4 Å². The highest BCUT2D eigenvalue weighted by molar-refractivity contribution is 6.30. The fourth-order valence-electron chi connectivity index (χ4n) is 3.13. The van der Waals surface area contributed by atoms with Crippen LogP contribution in [0.1, 0.15) is 27.5 Å². The maximum atomic E-state index is 13.1. The van der Waals surface area contributed by atoms with Crippen molar-refractivity contribution in [2.24, 2.45) is 0 Å². The standard InChI is InChI=1S/C23H22ClNO3/c1-25(23(26)18-4-10-19(24)11-5-18)22(16-6-12-20(27-2)13-7-16)17-8-14-21(28-3)15-9-17/h4-15,22H,1-3H3. The Morgan fingerprint density at radius 2 is 1.21 bits per heavy atom. The Hall–Kier alpha value is -2.98. The van der Waals surface area contributed by atoms with E-state index in [0.717, 1.165) is 22.6 Å². The summed E-state index contributed by atoms with van der Waals surface area (Å²) >= 11 is 5.96. The first-order valence-corrected chi connectivity index (χ1v) is 9.22. The molecule has 0 heterocycles. The minimum atomic E-state index is -0.264. The summed E-state index contributed by atoms with van der Waals surface area (Å²) in [5.74, 6) is 1.45. The van der Waals surface area contributed by atoms with Gasteiger partial charge in [0.15, 0.2) is 0 Å². The Labute approximate surface area is 170 Å². The summed E-state index contributed by atoms with van der Waals surface area (Å²) in [4.78, 5) is 14.9. The quantitative estimate of drug-likeness (QED) is 0.574. The van der Waals surface area contributed by atoms with Gasteiger partial charge in [-0.3, -0.25) is 4.79 Å².